The smallest absolute Gasteiger partial charge is 0.264 e. The summed E-state index contributed by atoms with van der Waals surface area (Å²) in [5.41, 5.74) is 5.98. The van der Waals surface area contributed by atoms with Gasteiger partial charge in [-0.15, -0.1) is 0 Å². The molecule has 1 heterocycles. The van der Waals surface area contributed by atoms with E-state index < -0.39 is 20.7 Å². The van der Waals surface area contributed by atoms with Gasteiger partial charge in [0.2, 0.25) is 0 Å². The third kappa shape index (κ3) is 2.93. The maximum Gasteiger partial charge on any atom is 0.264 e. The summed E-state index contributed by atoms with van der Waals surface area (Å²) in [5, 5.41) is 3.93. The Labute approximate surface area is 124 Å². The van der Waals surface area contributed by atoms with Crippen molar-refractivity contribution in [3.63, 3.8) is 0 Å². The molecule has 9 heteroatoms. The summed E-state index contributed by atoms with van der Waals surface area (Å²) in [6.07, 6.45) is 2.86. The van der Waals surface area contributed by atoms with Crippen LogP contribution in [-0.2, 0) is 16.6 Å². The molecular formula is C11H12BrFN4O2S. The van der Waals surface area contributed by atoms with Crippen LogP contribution in [0.15, 0.2) is 33.9 Å². The summed E-state index contributed by atoms with van der Waals surface area (Å²) >= 11 is 3.03. The van der Waals surface area contributed by atoms with Crippen molar-refractivity contribution >= 4 is 37.3 Å². The molecule has 0 unspecified atom stereocenters. The van der Waals surface area contributed by atoms with Crippen LogP contribution in [-0.4, -0.2) is 18.2 Å². The van der Waals surface area contributed by atoms with Crippen LogP contribution >= 0.6 is 15.9 Å². The molecule has 0 radical (unpaired) electrons. The fourth-order valence-electron chi connectivity index (χ4n) is 1.55. The Morgan fingerprint density at radius 2 is 2.20 bits per heavy atom. The Morgan fingerprint density at radius 3 is 2.80 bits per heavy atom. The van der Waals surface area contributed by atoms with Crippen LogP contribution in [0.2, 0.25) is 0 Å². The van der Waals surface area contributed by atoms with E-state index in [2.05, 4.69) is 25.8 Å². The number of nitrogens with two attached hydrogens (primary N) is 1. The molecule has 2 rings (SSSR count). The van der Waals surface area contributed by atoms with Gasteiger partial charge in [0.1, 0.15) is 10.7 Å². The molecule has 0 amide bonds. The monoisotopic (exact) mass is 362 g/mol. The van der Waals surface area contributed by atoms with Crippen LogP contribution in [0.4, 0.5) is 15.8 Å². The van der Waals surface area contributed by atoms with E-state index >= 15 is 0 Å². The number of rotatable bonds is 4. The van der Waals surface area contributed by atoms with Crippen molar-refractivity contribution in [3.8, 4) is 0 Å². The van der Waals surface area contributed by atoms with Gasteiger partial charge in [-0.05, 0) is 35.0 Å². The number of anilines is 2. The van der Waals surface area contributed by atoms with Gasteiger partial charge in [0.15, 0.2) is 0 Å². The van der Waals surface area contributed by atoms with E-state index in [-0.39, 0.29) is 11.4 Å². The molecule has 0 fully saturated rings. The first-order valence-electron chi connectivity index (χ1n) is 5.63. The van der Waals surface area contributed by atoms with E-state index in [1.54, 1.807) is 4.68 Å². The molecule has 3 N–H and O–H groups in total. The van der Waals surface area contributed by atoms with Crippen molar-refractivity contribution in [3.05, 3.63) is 34.8 Å². The lowest BCUT2D eigenvalue weighted by atomic mass is 10.3. The number of hydrogen-bond acceptors (Lipinski definition) is 4. The van der Waals surface area contributed by atoms with Crippen molar-refractivity contribution < 1.29 is 12.8 Å². The average Bonchev–Trinajstić information content (AvgIpc) is 2.80. The molecule has 0 bridgehead atoms. The maximum atomic E-state index is 13.8. The zero-order chi connectivity index (χ0) is 14.9. The van der Waals surface area contributed by atoms with Crippen LogP contribution in [0.25, 0.3) is 0 Å². The lowest BCUT2D eigenvalue weighted by Gasteiger charge is -2.08. The zero-order valence-corrected chi connectivity index (χ0v) is 12.9. The normalized spacial score (nSPS) is 11.6. The molecule has 0 atom stereocenters. The molecule has 2 aromatic rings. The molecule has 0 aliphatic heterocycles. The second kappa shape index (κ2) is 5.41. The van der Waals surface area contributed by atoms with E-state index in [4.69, 9.17) is 5.73 Å². The Kier molecular flexibility index (Phi) is 4.00. The summed E-state index contributed by atoms with van der Waals surface area (Å²) in [7, 11) is -4.06. The number of hydrogen-bond donors (Lipinski definition) is 2. The number of sulfonamides is 1. The Bertz CT molecular complexity index is 745. The quantitative estimate of drug-likeness (QED) is 0.815. The minimum absolute atomic E-state index is 0.135. The zero-order valence-electron chi connectivity index (χ0n) is 10.5. The molecule has 0 aliphatic carbocycles. The number of benzene rings is 1. The van der Waals surface area contributed by atoms with Crippen molar-refractivity contribution in [2.24, 2.45) is 0 Å². The number of nitrogens with one attached hydrogen (secondary N) is 1. The summed E-state index contributed by atoms with van der Waals surface area (Å²) in [6, 6.07) is 2.07. The Hall–Kier alpha value is -1.61. The van der Waals surface area contributed by atoms with Gasteiger partial charge in [0, 0.05) is 22.9 Å². The van der Waals surface area contributed by atoms with Gasteiger partial charge in [-0.2, -0.15) is 5.10 Å². The van der Waals surface area contributed by atoms with Gasteiger partial charge in [-0.1, -0.05) is 0 Å². The lowest BCUT2D eigenvalue weighted by Crippen LogP contribution is -2.14. The van der Waals surface area contributed by atoms with Gasteiger partial charge >= 0.3 is 0 Å². The van der Waals surface area contributed by atoms with Crippen LogP contribution in [0.3, 0.4) is 0 Å². The molecule has 20 heavy (non-hydrogen) atoms. The Balaban J connectivity index is 2.37. The summed E-state index contributed by atoms with van der Waals surface area (Å²) in [6.45, 7) is 2.46. The number of aromatic nitrogens is 2. The predicted octanol–water partition coefficient (Wildman–Crippen LogP) is 2.19. The largest absolute Gasteiger partial charge is 0.398 e. The minimum Gasteiger partial charge on any atom is -0.398 e. The fraction of sp³-hybridized carbons (Fsp3) is 0.182. The molecule has 0 spiro atoms. The van der Waals surface area contributed by atoms with E-state index in [1.165, 1.54) is 12.4 Å². The first-order valence-corrected chi connectivity index (χ1v) is 7.91. The first kappa shape index (κ1) is 14.8. The fourth-order valence-corrected chi connectivity index (χ4v) is 2.99. The molecule has 0 saturated heterocycles. The van der Waals surface area contributed by atoms with Crippen LogP contribution in [0.5, 0.6) is 0 Å². The summed E-state index contributed by atoms with van der Waals surface area (Å²) in [5.74, 6) is -0.888. The number of aryl methyl sites for hydroxylation is 1. The SMILES string of the molecule is CCn1cc(NS(=O)(=O)c2cc(N)c(Br)cc2F)cn1. The molecular weight excluding hydrogens is 351 g/mol. The number of nitrogens with zero attached hydrogens (tertiary/aromatic N) is 2. The molecule has 1 aromatic carbocycles. The summed E-state index contributed by atoms with van der Waals surface area (Å²) < 4.78 is 42.1. The highest BCUT2D eigenvalue weighted by Crippen LogP contribution is 2.27. The van der Waals surface area contributed by atoms with E-state index in [0.29, 0.717) is 11.0 Å². The third-order valence-electron chi connectivity index (χ3n) is 2.55. The van der Waals surface area contributed by atoms with Crippen molar-refractivity contribution in [1.82, 2.24) is 9.78 Å². The molecule has 6 nitrogen and oxygen atoms in total. The first-order chi connectivity index (χ1) is 9.33. The number of nitrogen functional groups attached to an aromatic ring is 1. The minimum atomic E-state index is -4.06. The second-order valence-electron chi connectivity index (χ2n) is 3.99. The Morgan fingerprint density at radius 1 is 1.50 bits per heavy atom. The number of halogens is 2. The van der Waals surface area contributed by atoms with Gasteiger partial charge in [-0.25, -0.2) is 12.8 Å². The lowest BCUT2D eigenvalue weighted by molar-refractivity contribution is 0.570. The predicted molar refractivity (Wildman–Crippen MR) is 77.2 cm³/mol. The highest BCUT2D eigenvalue weighted by molar-refractivity contribution is 9.10. The second-order valence-corrected chi connectivity index (χ2v) is 6.50. The van der Waals surface area contributed by atoms with Crippen LogP contribution in [0.1, 0.15) is 6.92 Å². The van der Waals surface area contributed by atoms with E-state index in [1.807, 2.05) is 6.92 Å². The third-order valence-corrected chi connectivity index (χ3v) is 4.63. The maximum absolute atomic E-state index is 13.8. The summed E-state index contributed by atoms with van der Waals surface area (Å²) in [4.78, 5) is -0.512. The van der Waals surface area contributed by atoms with Gasteiger partial charge in [-0.3, -0.25) is 9.40 Å². The standard InChI is InChI=1S/C11H12BrFN4O2S/c1-2-17-6-7(5-15-17)16-20(18,19)11-4-10(14)8(12)3-9(11)13/h3-6,16H,2,14H2,1H3. The van der Waals surface area contributed by atoms with Crippen LogP contribution in [0, 0.1) is 5.82 Å². The van der Waals surface area contributed by atoms with Gasteiger partial charge in [0.05, 0.1) is 11.9 Å². The molecule has 0 aliphatic rings. The molecule has 0 saturated carbocycles. The topological polar surface area (TPSA) is 90.0 Å². The van der Waals surface area contributed by atoms with Gasteiger partial charge in [0.25, 0.3) is 10.0 Å². The van der Waals surface area contributed by atoms with Crippen LogP contribution < -0.4 is 10.5 Å². The average molecular weight is 363 g/mol. The van der Waals surface area contributed by atoms with Crippen molar-refractivity contribution in [2.45, 2.75) is 18.4 Å². The van der Waals surface area contributed by atoms with Crippen molar-refractivity contribution in [1.29, 1.82) is 0 Å². The van der Waals surface area contributed by atoms with E-state index in [0.717, 1.165) is 12.1 Å². The highest BCUT2D eigenvalue weighted by Gasteiger charge is 2.21. The highest BCUT2D eigenvalue weighted by atomic mass is 79.9. The molecule has 108 valence electrons. The molecule has 1 aromatic heterocycles. The van der Waals surface area contributed by atoms with Crippen molar-refractivity contribution in [2.75, 3.05) is 10.5 Å². The van der Waals surface area contributed by atoms with E-state index in [9.17, 15) is 12.8 Å². The van der Waals surface area contributed by atoms with Gasteiger partial charge < -0.3 is 5.73 Å².